The van der Waals surface area contributed by atoms with Gasteiger partial charge in [-0.2, -0.15) is 0 Å². The number of amidine groups is 1. The van der Waals surface area contributed by atoms with E-state index >= 15 is 0 Å². The summed E-state index contributed by atoms with van der Waals surface area (Å²) < 4.78 is 0.876. The van der Waals surface area contributed by atoms with Gasteiger partial charge in [0, 0.05) is 12.1 Å². The minimum atomic E-state index is 0.379. The highest BCUT2D eigenvalue weighted by Gasteiger charge is 2.25. The van der Waals surface area contributed by atoms with Crippen molar-refractivity contribution in [1.29, 1.82) is 0 Å². The van der Waals surface area contributed by atoms with Gasteiger partial charge in [-0.05, 0) is 52.1 Å². The Balaban J connectivity index is 1.98. The third-order valence-electron chi connectivity index (χ3n) is 4.14. The predicted molar refractivity (Wildman–Crippen MR) is 106 cm³/mol. The van der Waals surface area contributed by atoms with Crippen molar-refractivity contribution in [2.45, 2.75) is 13.3 Å². The van der Waals surface area contributed by atoms with Gasteiger partial charge in [0.25, 0.3) is 0 Å². The lowest BCUT2D eigenvalue weighted by Crippen LogP contribution is -2.35. The number of benzene rings is 2. The average Bonchev–Trinajstić information content (AvgIpc) is 2.66. The van der Waals surface area contributed by atoms with Crippen molar-refractivity contribution in [3.63, 3.8) is 0 Å². The minimum absolute atomic E-state index is 0.379. The zero-order valence-electron chi connectivity index (χ0n) is 13.9. The Morgan fingerprint density at radius 2 is 1.80 bits per heavy atom. The Bertz CT molecular complexity index is 872. The first-order chi connectivity index (χ1) is 12.1. The van der Waals surface area contributed by atoms with E-state index in [1.165, 1.54) is 5.56 Å². The number of allylic oxidation sites excluding steroid dienone is 2. The standard InChI is InChI=1S/C20H18BrN3O/c1-14-19(21)15(2)24(13-12-16-8-4-3-5-9-16)20(22-14)17-10-6-7-11-18(17)23-25/h3-11H,2,12-13H2,1H3. The van der Waals surface area contributed by atoms with Gasteiger partial charge >= 0.3 is 0 Å². The largest absolute Gasteiger partial charge is 0.325 e. The first-order valence-corrected chi connectivity index (χ1v) is 8.79. The molecule has 25 heavy (non-hydrogen) atoms. The van der Waals surface area contributed by atoms with Crippen molar-refractivity contribution in [1.82, 2.24) is 4.90 Å². The summed E-state index contributed by atoms with van der Waals surface area (Å²) in [5, 5.41) is 3.15. The summed E-state index contributed by atoms with van der Waals surface area (Å²) in [6.45, 7) is 6.83. The number of nitroso groups, excluding NO2 is 1. The molecule has 0 aromatic heterocycles. The Labute approximate surface area is 155 Å². The van der Waals surface area contributed by atoms with E-state index in [2.05, 4.69) is 39.8 Å². The van der Waals surface area contributed by atoms with Crippen LogP contribution < -0.4 is 0 Å². The van der Waals surface area contributed by atoms with Crippen LogP contribution in [0.2, 0.25) is 0 Å². The molecular weight excluding hydrogens is 378 g/mol. The first-order valence-electron chi connectivity index (χ1n) is 8.00. The smallest absolute Gasteiger partial charge is 0.142 e. The maximum atomic E-state index is 11.2. The summed E-state index contributed by atoms with van der Waals surface area (Å²) in [6.07, 6.45) is 0.842. The number of nitrogens with zero attached hydrogens (tertiary/aromatic N) is 3. The summed E-state index contributed by atoms with van der Waals surface area (Å²) in [5.41, 5.74) is 3.99. The Hall–Kier alpha value is -2.53. The molecule has 0 aliphatic carbocycles. The molecule has 5 heteroatoms. The molecule has 3 rings (SSSR count). The number of halogens is 1. The fourth-order valence-corrected chi connectivity index (χ4v) is 3.10. The fourth-order valence-electron chi connectivity index (χ4n) is 2.80. The van der Waals surface area contributed by atoms with Gasteiger partial charge in [0.05, 0.1) is 15.9 Å². The van der Waals surface area contributed by atoms with Crippen molar-refractivity contribution in [3.8, 4) is 0 Å². The zero-order chi connectivity index (χ0) is 17.8. The summed E-state index contributed by atoms with van der Waals surface area (Å²) in [7, 11) is 0. The van der Waals surface area contributed by atoms with Gasteiger partial charge in [-0.15, -0.1) is 4.91 Å². The van der Waals surface area contributed by atoms with Gasteiger partial charge < -0.3 is 4.90 Å². The lowest BCUT2D eigenvalue weighted by molar-refractivity contribution is 0.523. The molecule has 126 valence electrons. The van der Waals surface area contributed by atoms with Gasteiger partial charge in [-0.3, -0.25) is 0 Å². The van der Waals surface area contributed by atoms with E-state index in [1.54, 1.807) is 12.1 Å². The fraction of sp³-hybridized carbons (Fsp3) is 0.150. The molecule has 0 atom stereocenters. The first kappa shape index (κ1) is 17.3. The van der Waals surface area contributed by atoms with Crippen LogP contribution in [0, 0.1) is 4.91 Å². The van der Waals surface area contributed by atoms with Gasteiger partial charge in [0.15, 0.2) is 0 Å². The molecule has 0 saturated carbocycles. The summed E-state index contributed by atoms with van der Waals surface area (Å²) >= 11 is 3.57. The van der Waals surface area contributed by atoms with Crippen LogP contribution in [0.25, 0.3) is 0 Å². The minimum Gasteiger partial charge on any atom is -0.325 e. The molecule has 0 fully saturated rings. The van der Waals surface area contributed by atoms with Crippen LogP contribution in [0.1, 0.15) is 18.1 Å². The third kappa shape index (κ3) is 3.61. The molecule has 2 aromatic rings. The molecule has 1 heterocycles. The average molecular weight is 396 g/mol. The second-order valence-corrected chi connectivity index (χ2v) is 6.57. The molecule has 1 aliphatic rings. The highest BCUT2D eigenvalue weighted by molar-refractivity contribution is 9.12. The second-order valence-electron chi connectivity index (χ2n) is 5.78. The third-order valence-corrected chi connectivity index (χ3v) is 5.17. The van der Waals surface area contributed by atoms with E-state index in [4.69, 9.17) is 4.99 Å². The van der Waals surface area contributed by atoms with E-state index in [0.717, 1.165) is 22.3 Å². The molecule has 4 nitrogen and oxygen atoms in total. The summed E-state index contributed by atoms with van der Waals surface area (Å²) in [5.74, 6) is 0.705. The van der Waals surface area contributed by atoms with Crippen molar-refractivity contribution in [2.75, 3.05) is 6.54 Å². The molecule has 0 N–H and O–H groups in total. The molecule has 1 aliphatic heterocycles. The SMILES string of the molecule is C=C1C(Br)=C(C)N=C(c2ccccc2N=O)N1CCc1ccccc1. The van der Waals surface area contributed by atoms with E-state index < -0.39 is 0 Å². The van der Waals surface area contributed by atoms with Crippen molar-refractivity contribution in [3.05, 3.63) is 93.1 Å². The van der Waals surface area contributed by atoms with Gasteiger partial charge in [-0.25, -0.2) is 4.99 Å². The Morgan fingerprint density at radius 3 is 2.52 bits per heavy atom. The van der Waals surface area contributed by atoms with Crippen LogP contribution in [0.4, 0.5) is 5.69 Å². The normalized spacial score (nSPS) is 14.6. The number of aliphatic imine (C=N–C) groups is 1. The van der Waals surface area contributed by atoms with Gasteiger partial charge in [-0.1, -0.05) is 49.0 Å². The quantitative estimate of drug-likeness (QED) is 0.624. The summed E-state index contributed by atoms with van der Waals surface area (Å²) in [6, 6.07) is 17.5. The van der Waals surface area contributed by atoms with E-state index in [-0.39, 0.29) is 0 Å². The molecule has 0 amide bonds. The molecular formula is C20H18BrN3O. The summed E-state index contributed by atoms with van der Waals surface area (Å²) in [4.78, 5) is 18.0. The van der Waals surface area contributed by atoms with E-state index in [1.807, 2.05) is 42.2 Å². The Morgan fingerprint density at radius 1 is 1.12 bits per heavy atom. The lowest BCUT2D eigenvalue weighted by atomic mass is 10.1. The van der Waals surface area contributed by atoms with E-state index in [0.29, 0.717) is 23.6 Å². The zero-order valence-corrected chi connectivity index (χ0v) is 15.5. The molecule has 0 saturated heterocycles. The van der Waals surface area contributed by atoms with Gasteiger partial charge in [0.2, 0.25) is 0 Å². The Kier molecular flexibility index (Phi) is 5.24. The highest BCUT2D eigenvalue weighted by Crippen LogP contribution is 2.33. The molecule has 0 unspecified atom stereocenters. The van der Waals surface area contributed by atoms with Crippen LogP contribution in [0.3, 0.4) is 0 Å². The molecule has 0 spiro atoms. The number of hydrogen-bond acceptors (Lipinski definition) is 4. The van der Waals surface area contributed by atoms with Crippen LogP contribution in [-0.4, -0.2) is 17.3 Å². The molecule has 0 radical (unpaired) electrons. The van der Waals surface area contributed by atoms with Crippen LogP contribution >= 0.6 is 15.9 Å². The maximum Gasteiger partial charge on any atom is 0.142 e. The van der Waals surface area contributed by atoms with Crippen molar-refractivity contribution >= 4 is 27.5 Å². The van der Waals surface area contributed by atoms with Crippen molar-refractivity contribution < 1.29 is 0 Å². The molecule has 0 bridgehead atoms. The monoisotopic (exact) mass is 395 g/mol. The van der Waals surface area contributed by atoms with Crippen molar-refractivity contribution in [2.24, 2.45) is 10.2 Å². The molecule has 2 aromatic carbocycles. The number of rotatable bonds is 5. The lowest BCUT2D eigenvalue weighted by Gasteiger charge is -2.32. The van der Waals surface area contributed by atoms with Crippen LogP contribution in [0.5, 0.6) is 0 Å². The topological polar surface area (TPSA) is 45.0 Å². The second kappa shape index (κ2) is 7.57. The predicted octanol–water partition coefficient (Wildman–Crippen LogP) is 5.53. The van der Waals surface area contributed by atoms with Crippen LogP contribution in [-0.2, 0) is 6.42 Å². The van der Waals surface area contributed by atoms with E-state index in [9.17, 15) is 4.91 Å². The highest BCUT2D eigenvalue weighted by atomic mass is 79.9. The maximum absolute atomic E-state index is 11.2. The number of hydrogen-bond donors (Lipinski definition) is 0. The van der Waals surface area contributed by atoms with Crippen LogP contribution in [0.15, 0.2) is 87.2 Å². The van der Waals surface area contributed by atoms with Gasteiger partial charge in [0.1, 0.15) is 11.5 Å².